The van der Waals surface area contributed by atoms with Crippen LogP contribution in [0.5, 0.6) is 0 Å². The third-order valence-corrected chi connectivity index (χ3v) is 0.972. The van der Waals surface area contributed by atoms with E-state index in [2.05, 4.69) is 0 Å². The fraction of sp³-hybridized carbons (Fsp3) is 0.571. The van der Waals surface area contributed by atoms with E-state index >= 15 is 0 Å². The van der Waals surface area contributed by atoms with Crippen molar-refractivity contribution in [1.29, 1.82) is 0 Å². The minimum absolute atomic E-state index is 0.639. The molecule has 0 spiro atoms. The topological polar surface area (TPSA) is 132 Å². The van der Waals surface area contributed by atoms with Gasteiger partial charge in [-0.2, -0.15) is 0 Å². The highest BCUT2D eigenvalue weighted by Crippen LogP contribution is 1.92. The summed E-state index contributed by atoms with van der Waals surface area (Å²) in [6.45, 7) is 1.81. The van der Waals surface area contributed by atoms with Crippen molar-refractivity contribution in [2.45, 2.75) is 25.6 Å². The van der Waals surface area contributed by atoms with Gasteiger partial charge in [-0.25, -0.2) is 9.59 Å². The van der Waals surface area contributed by atoms with E-state index in [1.54, 1.807) is 0 Å². The van der Waals surface area contributed by atoms with Crippen LogP contribution in [0.15, 0.2) is 0 Å². The maximum absolute atomic E-state index is 9.77. The van der Waals surface area contributed by atoms with E-state index in [0.717, 1.165) is 6.29 Å². The van der Waals surface area contributed by atoms with Crippen LogP contribution in [0.3, 0.4) is 0 Å². The van der Waals surface area contributed by atoms with E-state index in [1.165, 1.54) is 0 Å². The van der Waals surface area contributed by atoms with Gasteiger partial charge in [-0.05, 0) is 0 Å². The number of carbonyl (C=O) groups is 3. The van der Waals surface area contributed by atoms with Crippen LogP contribution in [0.2, 0.25) is 0 Å². The summed E-state index contributed by atoms with van der Waals surface area (Å²) >= 11 is 0. The average molecular weight is 208 g/mol. The van der Waals surface area contributed by atoms with Crippen molar-refractivity contribution in [3.8, 4) is 0 Å². The number of carbonyl (C=O) groups excluding carboxylic acids is 1. The number of aliphatic hydroxyl groups excluding tert-OH is 2. The van der Waals surface area contributed by atoms with Gasteiger partial charge in [0.2, 0.25) is 0 Å². The molecule has 0 saturated carbocycles. The number of hydrogen-bond donors (Lipinski definition) is 4. The zero-order chi connectivity index (χ0) is 11.7. The number of carboxylic acids is 2. The Labute approximate surface area is 79.6 Å². The van der Waals surface area contributed by atoms with E-state index < -0.39 is 24.1 Å². The van der Waals surface area contributed by atoms with Gasteiger partial charge in [0.1, 0.15) is 6.29 Å². The van der Waals surface area contributed by atoms with Crippen LogP contribution in [0, 0.1) is 0 Å². The molecule has 7 nitrogen and oxygen atoms in total. The van der Waals surface area contributed by atoms with Gasteiger partial charge < -0.3 is 25.2 Å². The molecule has 82 valence electrons. The molecule has 14 heavy (non-hydrogen) atoms. The van der Waals surface area contributed by atoms with Gasteiger partial charge >= 0.3 is 11.9 Å². The Morgan fingerprint density at radius 1 is 1.14 bits per heavy atom. The van der Waals surface area contributed by atoms with Crippen LogP contribution in [0.4, 0.5) is 0 Å². The molecule has 0 saturated heterocycles. The predicted octanol–water partition coefficient (Wildman–Crippen LogP) is -1.53. The van der Waals surface area contributed by atoms with Gasteiger partial charge in [0.25, 0.3) is 0 Å². The molecule has 0 rings (SSSR count). The first-order valence-corrected chi connectivity index (χ1v) is 3.63. The highest BCUT2D eigenvalue weighted by molar-refractivity contribution is 5.83. The van der Waals surface area contributed by atoms with Crippen LogP contribution < -0.4 is 0 Å². The fourth-order valence-electron chi connectivity index (χ4n) is 0.270. The average Bonchev–Trinajstić information content (AvgIpc) is 2.15. The first kappa shape index (κ1) is 15.0. The normalized spacial score (nSPS) is 13.1. The molecule has 0 aliphatic heterocycles. The Balaban J connectivity index is 0. The maximum atomic E-state index is 9.77. The predicted molar refractivity (Wildman–Crippen MR) is 43.6 cm³/mol. The lowest BCUT2D eigenvalue weighted by Crippen LogP contribution is -2.39. The van der Waals surface area contributed by atoms with E-state index in [9.17, 15) is 14.4 Å². The van der Waals surface area contributed by atoms with Crippen molar-refractivity contribution >= 4 is 18.2 Å². The summed E-state index contributed by atoms with van der Waals surface area (Å²) in [6.07, 6.45) is -3.02. The number of carboxylic acid groups (broad SMARTS) is 2. The summed E-state index contributed by atoms with van der Waals surface area (Å²) in [5.74, 6) is -3.54. The molecular weight excluding hydrogens is 196 g/mol. The van der Waals surface area contributed by atoms with E-state index in [4.69, 9.17) is 20.4 Å². The second-order valence-corrected chi connectivity index (χ2v) is 2.14. The molecule has 0 radical (unpaired) electrons. The number of aldehydes is 1. The smallest absolute Gasteiger partial charge is 0.335 e. The summed E-state index contributed by atoms with van der Waals surface area (Å²) in [5.41, 5.74) is 0. The van der Waals surface area contributed by atoms with Crippen molar-refractivity contribution < 1.29 is 34.8 Å². The monoisotopic (exact) mass is 208 g/mol. The zero-order valence-corrected chi connectivity index (χ0v) is 7.45. The molecule has 0 aromatic carbocycles. The van der Waals surface area contributed by atoms with Gasteiger partial charge in [-0.1, -0.05) is 6.92 Å². The van der Waals surface area contributed by atoms with E-state index in [-0.39, 0.29) is 0 Å². The second-order valence-electron chi connectivity index (χ2n) is 2.14. The molecule has 4 N–H and O–H groups in total. The van der Waals surface area contributed by atoms with E-state index in [0.29, 0.717) is 6.42 Å². The molecule has 0 aliphatic rings. The Kier molecular flexibility index (Phi) is 8.74. The van der Waals surface area contributed by atoms with Crippen LogP contribution in [-0.4, -0.2) is 50.9 Å². The highest BCUT2D eigenvalue weighted by Gasteiger charge is 2.29. The van der Waals surface area contributed by atoms with Crippen molar-refractivity contribution in [2.75, 3.05) is 0 Å². The maximum Gasteiger partial charge on any atom is 0.335 e. The fourth-order valence-corrected chi connectivity index (χ4v) is 0.270. The Bertz CT molecular complexity index is 182. The molecule has 0 bridgehead atoms. The highest BCUT2D eigenvalue weighted by atomic mass is 16.4. The molecule has 7 heteroatoms. The lowest BCUT2D eigenvalue weighted by atomic mass is 10.2. The van der Waals surface area contributed by atoms with Crippen molar-refractivity contribution in [3.63, 3.8) is 0 Å². The van der Waals surface area contributed by atoms with E-state index in [1.807, 2.05) is 6.92 Å². The number of rotatable bonds is 4. The standard InChI is InChI=1S/C4H6O6.C3H6O/c5-1(3(7)8)2(6)4(9)10;1-2-3-4/h1-2,5-6H,(H,7,8)(H,9,10);3H,2H2,1H3. The number of hydrogen-bond acceptors (Lipinski definition) is 5. The minimum atomic E-state index is -2.27. The lowest BCUT2D eigenvalue weighted by molar-refractivity contribution is -0.165. The Morgan fingerprint density at radius 3 is 1.43 bits per heavy atom. The van der Waals surface area contributed by atoms with Crippen molar-refractivity contribution in [3.05, 3.63) is 0 Å². The van der Waals surface area contributed by atoms with Crippen molar-refractivity contribution in [2.24, 2.45) is 0 Å². The summed E-state index contributed by atoms with van der Waals surface area (Å²) in [5, 5.41) is 32.5. The van der Waals surface area contributed by atoms with Crippen LogP contribution in [0.1, 0.15) is 13.3 Å². The van der Waals surface area contributed by atoms with Crippen LogP contribution in [0.25, 0.3) is 0 Å². The van der Waals surface area contributed by atoms with Gasteiger partial charge in [0, 0.05) is 6.42 Å². The third kappa shape index (κ3) is 7.19. The van der Waals surface area contributed by atoms with Gasteiger partial charge in [0.15, 0.2) is 12.2 Å². The molecule has 0 aliphatic carbocycles. The Morgan fingerprint density at radius 2 is 1.36 bits per heavy atom. The summed E-state index contributed by atoms with van der Waals surface area (Å²) in [6, 6.07) is 0. The molecule has 0 fully saturated rings. The number of aliphatic carboxylic acids is 2. The lowest BCUT2D eigenvalue weighted by Gasteiger charge is -2.07. The Hall–Kier alpha value is -1.47. The SMILES string of the molecule is CCC=O.O=C(O)C(O)C(O)C(=O)O. The summed E-state index contributed by atoms with van der Waals surface area (Å²) < 4.78 is 0. The molecule has 0 amide bonds. The van der Waals surface area contributed by atoms with Crippen LogP contribution >= 0.6 is 0 Å². The molecule has 0 aromatic heterocycles. The largest absolute Gasteiger partial charge is 0.479 e. The molecule has 2 unspecified atom stereocenters. The number of aliphatic hydroxyl groups is 2. The first-order valence-electron chi connectivity index (χ1n) is 3.63. The zero-order valence-electron chi connectivity index (χ0n) is 7.45. The minimum Gasteiger partial charge on any atom is -0.479 e. The van der Waals surface area contributed by atoms with Gasteiger partial charge in [0.05, 0.1) is 0 Å². The van der Waals surface area contributed by atoms with Crippen molar-refractivity contribution in [1.82, 2.24) is 0 Å². The van der Waals surface area contributed by atoms with Gasteiger partial charge in [-0.15, -0.1) is 0 Å². The van der Waals surface area contributed by atoms with Gasteiger partial charge in [-0.3, -0.25) is 0 Å². The molecule has 0 aromatic rings. The summed E-state index contributed by atoms with van der Waals surface area (Å²) in [7, 11) is 0. The molecular formula is C7H12O7. The second kappa shape index (κ2) is 8.14. The molecule has 0 heterocycles. The summed E-state index contributed by atoms with van der Waals surface area (Å²) in [4.78, 5) is 28.7. The molecule has 2 atom stereocenters. The first-order chi connectivity index (χ1) is 6.38. The third-order valence-electron chi connectivity index (χ3n) is 0.972. The van der Waals surface area contributed by atoms with Crippen LogP contribution in [-0.2, 0) is 14.4 Å². The quantitative estimate of drug-likeness (QED) is 0.412.